The highest BCUT2D eigenvalue weighted by atomic mass is 16.6. The number of hydrogen-bond donors (Lipinski definition) is 2. The zero-order valence-electron chi connectivity index (χ0n) is 16.0. The van der Waals surface area contributed by atoms with Crippen molar-refractivity contribution in [2.24, 2.45) is 0 Å². The molecule has 0 spiro atoms. The van der Waals surface area contributed by atoms with Crippen LogP contribution >= 0.6 is 0 Å². The van der Waals surface area contributed by atoms with Gasteiger partial charge >= 0.3 is 6.09 Å². The van der Waals surface area contributed by atoms with Gasteiger partial charge in [0.05, 0.1) is 12.6 Å². The van der Waals surface area contributed by atoms with Crippen LogP contribution in [0.25, 0.3) is 0 Å². The van der Waals surface area contributed by atoms with Gasteiger partial charge < -0.3 is 15.0 Å². The number of ketones is 1. The molecule has 1 aliphatic heterocycles. The van der Waals surface area contributed by atoms with Crippen molar-refractivity contribution in [1.29, 1.82) is 0 Å². The number of carbonyl (C=O) groups is 3. The Balaban J connectivity index is 1.53. The molecule has 2 aliphatic rings. The summed E-state index contributed by atoms with van der Waals surface area (Å²) >= 11 is 0. The number of H-pyrrole nitrogens is 1. The van der Waals surface area contributed by atoms with E-state index >= 15 is 0 Å². The van der Waals surface area contributed by atoms with Gasteiger partial charge in [0.1, 0.15) is 12.3 Å². The smallest absolute Gasteiger partial charge is 0.414 e. The molecule has 1 aromatic carbocycles. The number of cyclic esters (lactones) is 1. The SMILES string of the molecule is Cc1c(C(=O)N[C@@H](C)c2cccc(N3CCOC3=O)c2)[nH]c2c1C(=O)CCC2. The number of benzene rings is 1. The summed E-state index contributed by atoms with van der Waals surface area (Å²) in [5, 5.41) is 2.99. The average molecular weight is 381 g/mol. The van der Waals surface area contributed by atoms with E-state index in [-0.39, 0.29) is 23.8 Å². The van der Waals surface area contributed by atoms with Gasteiger partial charge in [-0.15, -0.1) is 0 Å². The molecule has 2 heterocycles. The number of hydrogen-bond acceptors (Lipinski definition) is 4. The van der Waals surface area contributed by atoms with E-state index in [4.69, 9.17) is 4.74 Å². The number of aromatic amines is 1. The fraction of sp³-hybridized carbons (Fsp3) is 0.381. The van der Waals surface area contributed by atoms with Crippen molar-refractivity contribution < 1.29 is 19.1 Å². The van der Waals surface area contributed by atoms with Crippen molar-refractivity contribution >= 4 is 23.5 Å². The molecule has 0 bridgehead atoms. The Bertz CT molecular complexity index is 963. The minimum atomic E-state index is -0.355. The molecule has 1 fully saturated rings. The number of nitrogens with one attached hydrogen (secondary N) is 2. The van der Waals surface area contributed by atoms with Crippen LogP contribution in [0.15, 0.2) is 24.3 Å². The Labute approximate surface area is 163 Å². The highest BCUT2D eigenvalue weighted by Crippen LogP contribution is 2.27. The molecule has 1 aromatic heterocycles. The van der Waals surface area contributed by atoms with Gasteiger partial charge in [-0.1, -0.05) is 12.1 Å². The highest BCUT2D eigenvalue weighted by Gasteiger charge is 2.27. The standard InChI is InChI=1S/C21H23N3O4/c1-12-18-16(7-4-8-17(18)25)23-19(12)20(26)22-13(2)14-5-3-6-15(11-14)24-9-10-28-21(24)27/h3,5-6,11,13,23H,4,7-10H2,1-2H3,(H,22,26)/t13-/m0/s1. The Morgan fingerprint density at radius 1 is 1.29 bits per heavy atom. The van der Waals surface area contributed by atoms with Gasteiger partial charge in [-0.05, 0) is 49.9 Å². The Morgan fingerprint density at radius 2 is 2.11 bits per heavy atom. The van der Waals surface area contributed by atoms with Gasteiger partial charge in [0.2, 0.25) is 0 Å². The maximum atomic E-state index is 12.8. The largest absolute Gasteiger partial charge is 0.447 e. The van der Waals surface area contributed by atoms with Gasteiger partial charge in [-0.2, -0.15) is 0 Å². The summed E-state index contributed by atoms with van der Waals surface area (Å²) in [7, 11) is 0. The second-order valence-corrected chi connectivity index (χ2v) is 7.31. The van der Waals surface area contributed by atoms with Crippen LogP contribution in [-0.2, 0) is 11.2 Å². The van der Waals surface area contributed by atoms with E-state index in [0.29, 0.717) is 30.8 Å². The molecule has 0 unspecified atom stereocenters. The van der Waals surface area contributed by atoms with Crippen molar-refractivity contribution in [3.8, 4) is 0 Å². The number of anilines is 1. The Morgan fingerprint density at radius 3 is 2.82 bits per heavy atom. The monoisotopic (exact) mass is 381 g/mol. The van der Waals surface area contributed by atoms with Crippen molar-refractivity contribution in [1.82, 2.24) is 10.3 Å². The van der Waals surface area contributed by atoms with Crippen LogP contribution in [0.2, 0.25) is 0 Å². The van der Waals surface area contributed by atoms with Crippen LogP contribution in [0, 0.1) is 6.92 Å². The molecule has 2 amide bonds. The Hall–Kier alpha value is -3.09. The number of carbonyl (C=O) groups excluding carboxylic acids is 3. The lowest BCUT2D eigenvalue weighted by atomic mass is 9.94. The van der Waals surface area contributed by atoms with E-state index in [2.05, 4.69) is 10.3 Å². The third kappa shape index (κ3) is 3.17. The minimum absolute atomic E-state index is 0.104. The first-order chi connectivity index (χ1) is 13.5. The van der Waals surface area contributed by atoms with Crippen molar-refractivity contribution in [3.63, 3.8) is 0 Å². The van der Waals surface area contributed by atoms with Crippen LogP contribution in [-0.4, -0.2) is 35.9 Å². The predicted molar refractivity (Wildman–Crippen MR) is 104 cm³/mol. The number of Topliss-reactive ketones (excluding diaryl/α,β-unsaturated/α-hetero) is 1. The van der Waals surface area contributed by atoms with E-state index in [1.54, 1.807) is 4.90 Å². The second-order valence-electron chi connectivity index (χ2n) is 7.31. The first-order valence-electron chi connectivity index (χ1n) is 9.55. The summed E-state index contributed by atoms with van der Waals surface area (Å²) in [4.78, 5) is 41.5. The summed E-state index contributed by atoms with van der Waals surface area (Å²) in [6.07, 6.45) is 1.79. The molecule has 4 rings (SSSR count). The molecule has 2 aromatic rings. The second kappa shape index (κ2) is 7.14. The van der Waals surface area contributed by atoms with Gasteiger partial charge in [0.25, 0.3) is 5.91 Å². The molecule has 0 saturated carbocycles. The number of rotatable bonds is 4. The predicted octanol–water partition coefficient (Wildman–Crippen LogP) is 3.29. The lowest BCUT2D eigenvalue weighted by Gasteiger charge is -2.18. The normalized spacial score (nSPS) is 17.3. The number of ether oxygens (including phenoxy) is 1. The highest BCUT2D eigenvalue weighted by molar-refractivity contribution is 6.04. The molecular formula is C21H23N3O4. The number of amides is 2. The lowest BCUT2D eigenvalue weighted by molar-refractivity contribution is 0.0934. The lowest BCUT2D eigenvalue weighted by Crippen LogP contribution is -2.28. The number of nitrogens with zero attached hydrogens (tertiary/aromatic N) is 1. The molecule has 28 heavy (non-hydrogen) atoms. The van der Waals surface area contributed by atoms with E-state index < -0.39 is 0 Å². The van der Waals surface area contributed by atoms with E-state index in [0.717, 1.165) is 35.3 Å². The summed E-state index contributed by atoms with van der Waals surface area (Å²) in [5.74, 6) is -0.134. The number of aromatic nitrogens is 1. The van der Waals surface area contributed by atoms with Gasteiger partial charge in [0, 0.05) is 23.4 Å². The summed E-state index contributed by atoms with van der Waals surface area (Å²) in [5.41, 5.74) is 4.35. The van der Waals surface area contributed by atoms with Crippen LogP contribution in [0.4, 0.5) is 10.5 Å². The van der Waals surface area contributed by atoms with Crippen LogP contribution < -0.4 is 10.2 Å². The zero-order valence-corrected chi connectivity index (χ0v) is 16.0. The van der Waals surface area contributed by atoms with Gasteiger partial charge in [-0.25, -0.2) is 4.79 Å². The quantitative estimate of drug-likeness (QED) is 0.850. The van der Waals surface area contributed by atoms with E-state index in [1.807, 2.05) is 38.1 Å². The molecule has 1 saturated heterocycles. The van der Waals surface area contributed by atoms with Gasteiger partial charge in [-0.3, -0.25) is 14.5 Å². The molecule has 7 heteroatoms. The third-order valence-electron chi connectivity index (χ3n) is 5.45. The van der Waals surface area contributed by atoms with Gasteiger partial charge in [0.15, 0.2) is 5.78 Å². The van der Waals surface area contributed by atoms with Crippen molar-refractivity contribution in [2.75, 3.05) is 18.1 Å². The first-order valence-corrected chi connectivity index (χ1v) is 9.55. The topological polar surface area (TPSA) is 91.5 Å². The molecule has 1 aliphatic carbocycles. The van der Waals surface area contributed by atoms with Crippen LogP contribution in [0.5, 0.6) is 0 Å². The molecule has 0 radical (unpaired) electrons. The fourth-order valence-corrected chi connectivity index (χ4v) is 3.94. The molecule has 1 atom stereocenters. The maximum absolute atomic E-state index is 12.8. The maximum Gasteiger partial charge on any atom is 0.414 e. The van der Waals surface area contributed by atoms with E-state index in [9.17, 15) is 14.4 Å². The number of aryl methyl sites for hydroxylation is 1. The first kappa shape index (κ1) is 18.3. The van der Waals surface area contributed by atoms with Crippen LogP contribution in [0.1, 0.15) is 63.5 Å². The minimum Gasteiger partial charge on any atom is -0.447 e. The van der Waals surface area contributed by atoms with E-state index in [1.165, 1.54) is 0 Å². The van der Waals surface area contributed by atoms with Crippen LogP contribution in [0.3, 0.4) is 0 Å². The summed E-state index contributed by atoms with van der Waals surface area (Å²) in [6.45, 7) is 4.61. The number of fused-ring (bicyclic) bond motifs is 1. The summed E-state index contributed by atoms with van der Waals surface area (Å²) in [6, 6.07) is 7.23. The summed E-state index contributed by atoms with van der Waals surface area (Å²) < 4.78 is 4.99. The molecule has 7 nitrogen and oxygen atoms in total. The zero-order chi connectivity index (χ0) is 19.8. The Kier molecular flexibility index (Phi) is 4.66. The average Bonchev–Trinajstić information content (AvgIpc) is 3.26. The third-order valence-corrected chi connectivity index (χ3v) is 5.45. The van der Waals surface area contributed by atoms with Crippen molar-refractivity contribution in [2.45, 2.75) is 39.2 Å². The molecular weight excluding hydrogens is 358 g/mol. The molecule has 146 valence electrons. The fourth-order valence-electron chi connectivity index (χ4n) is 3.94. The van der Waals surface area contributed by atoms with Crippen molar-refractivity contribution in [3.05, 3.63) is 52.3 Å². The molecule has 2 N–H and O–H groups in total.